The monoisotopic (exact) mass is 334 g/mol. The summed E-state index contributed by atoms with van der Waals surface area (Å²) >= 11 is 0. The van der Waals surface area contributed by atoms with Gasteiger partial charge in [0.25, 0.3) is 0 Å². The van der Waals surface area contributed by atoms with Gasteiger partial charge in [-0.25, -0.2) is 0 Å². The van der Waals surface area contributed by atoms with Gasteiger partial charge >= 0.3 is 0 Å². The fourth-order valence-electron chi connectivity index (χ4n) is 2.69. The third-order valence-electron chi connectivity index (χ3n) is 4.01. The second kappa shape index (κ2) is 8.36. The van der Waals surface area contributed by atoms with E-state index in [0.29, 0.717) is 6.42 Å². The fraction of sp³-hybridized carbons (Fsp3) is 0.182. The molecule has 0 amide bonds. The van der Waals surface area contributed by atoms with Crippen molar-refractivity contribution < 1.29 is 14.6 Å². The molecule has 0 bridgehead atoms. The van der Waals surface area contributed by atoms with Crippen LogP contribution in [0.4, 0.5) is 0 Å². The summed E-state index contributed by atoms with van der Waals surface area (Å²) in [6.45, 7) is 0.268. The zero-order valence-electron chi connectivity index (χ0n) is 14.3. The second-order valence-corrected chi connectivity index (χ2v) is 5.96. The van der Waals surface area contributed by atoms with Gasteiger partial charge in [-0.1, -0.05) is 54.6 Å². The van der Waals surface area contributed by atoms with E-state index in [1.165, 1.54) is 5.39 Å². The molecule has 1 N–H and O–H groups in total. The Labute approximate surface area is 148 Å². The van der Waals surface area contributed by atoms with Crippen molar-refractivity contribution >= 4 is 16.8 Å². The molecule has 0 saturated heterocycles. The number of hydrogen-bond acceptors (Lipinski definition) is 3. The Hall–Kier alpha value is -2.78. The van der Waals surface area contributed by atoms with Gasteiger partial charge in [-0.05, 0) is 40.1 Å². The summed E-state index contributed by atoms with van der Waals surface area (Å²) in [7, 11) is 1.62. The molecule has 1 unspecified atom stereocenters. The van der Waals surface area contributed by atoms with Crippen molar-refractivity contribution in [3.05, 3.63) is 84.1 Å². The molecular formula is C22H22O3. The largest absolute Gasteiger partial charge is 0.504 e. The van der Waals surface area contributed by atoms with Crippen molar-refractivity contribution in [1.29, 1.82) is 0 Å². The van der Waals surface area contributed by atoms with Crippen LogP contribution in [0.3, 0.4) is 0 Å². The van der Waals surface area contributed by atoms with E-state index in [0.717, 1.165) is 22.3 Å². The minimum absolute atomic E-state index is 0.268. The molecular weight excluding hydrogens is 312 g/mol. The van der Waals surface area contributed by atoms with Gasteiger partial charge < -0.3 is 14.6 Å². The topological polar surface area (TPSA) is 38.7 Å². The SMILES string of the molecule is COC=Cc1ccc(CC(O)COc2ccc3ccccc3c2)cc1. The number of benzene rings is 3. The molecule has 3 aromatic carbocycles. The number of aliphatic hydroxyl groups excluding tert-OH is 1. The van der Waals surface area contributed by atoms with Crippen LogP contribution in [0.25, 0.3) is 16.8 Å². The highest BCUT2D eigenvalue weighted by Gasteiger charge is 2.07. The summed E-state index contributed by atoms with van der Waals surface area (Å²) < 4.78 is 10.7. The third-order valence-corrected chi connectivity index (χ3v) is 4.01. The molecule has 1 atom stereocenters. The highest BCUT2D eigenvalue weighted by molar-refractivity contribution is 5.83. The second-order valence-electron chi connectivity index (χ2n) is 5.96. The Bertz CT molecular complexity index is 837. The zero-order chi connectivity index (χ0) is 17.5. The summed E-state index contributed by atoms with van der Waals surface area (Å²) in [5.74, 6) is 0.776. The van der Waals surface area contributed by atoms with Gasteiger partial charge in [-0.3, -0.25) is 0 Å². The molecule has 0 aromatic heterocycles. The average molecular weight is 334 g/mol. The first-order valence-electron chi connectivity index (χ1n) is 8.32. The molecule has 0 radical (unpaired) electrons. The molecule has 0 heterocycles. The van der Waals surface area contributed by atoms with Gasteiger partial charge in [0, 0.05) is 6.42 Å². The third kappa shape index (κ3) is 4.85. The Morgan fingerprint density at radius 1 is 0.960 bits per heavy atom. The summed E-state index contributed by atoms with van der Waals surface area (Å²) in [5, 5.41) is 12.5. The van der Waals surface area contributed by atoms with Crippen LogP contribution in [0.2, 0.25) is 0 Å². The van der Waals surface area contributed by atoms with Crippen LogP contribution in [0.5, 0.6) is 5.75 Å². The highest BCUT2D eigenvalue weighted by atomic mass is 16.5. The van der Waals surface area contributed by atoms with Crippen molar-refractivity contribution in [3.8, 4) is 5.75 Å². The molecule has 25 heavy (non-hydrogen) atoms. The molecule has 0 aliphatic rings. The smallest absolute Gasteiger partial charge is 0.120 e. The van der Waals surface area contributed by atoms with E-state index >= 15 is 0 Å². The number of ether oxygens (including phenoxy) is 2. The minimum atomic E-state index is -0.549. The van der Waals surface area contributed by atoms with Crippen molar-refractivity contribution in [2.24, 2.45) is 0 Å². The van der Waals surface area contributed by atoms with Crippen LogP contribution >= 0.6 is 0 Å². The first-order chi connectivity index (χ1) is 12.2. The number of methoxy groups -OCH3 is 1. The number of fused-ring (bicyclic) bond motifs is 1. The molecule has 3 rings (SSSR count). The van der Waals surface area contributed by atoms with Crippen LogP contribution in [0.1, 0.15) is 11.1 Å². The number of rotatable bonds is 7. The van der Waals surface area contributed by atoms with Crippen molar-refractivity contribution in [3.63, 3.8) is 0 Å². The van der Waals surface area contributed by atoms with Crippen molar-refractivity contribution in [2.75, 3.05) is 13.7 Å². The predicted octanol–water partition coefficient (Wildman–Crippen LogP) is 4.44. The maximum atomic E-state index is 10.2. The zero-order valence-corrected chi connectivity index (χ0v) is 14.3. The van der Waals surface area contributed by atoms with Crippen LogP contribution in [-0.2, 0) is 11.2 Å². The van der Waals surface area contributed by atoms with Crippen molar-refractivity contribution in [2.45, 2.75) is 12.5 Å². The van der Waals surface area contributed by atoms with E-state index in [1.807, 2.05) is 60.7 Å². The molecule has 3 nitrogen and oxygen atoms in total. The summed E-state index contributed by atoms with van der Waals surface area (Å²) in [4.78, 5) is 0. The van der Waals surface area contributed by atoms with Gasteiger partial charge in [-0.2, -0.15) is 0 Å². The lowest BCUT2D eigenvalue weighted by Crippen LogP contribution is -2.20. The van der Waals surface area contributed by atoms with Gasteiger partial charge in [0.1, 0.15) is 12.4 Å². The summed E-state index contributed by atoms with van der Waals surface area (Å²) in [6, 6.07) is 22.1. The van der Waals surface area contributed by atoms with E-state index in [2.05, 4.69) is 12.1 Å². The Balaban J connectivity index is 1.54. The number of hydrogen-bond donors (Lipinski definition) is 1. The van der Waals surface area contributed by atoms with Gasteiger partial charge in [0.2, 0.25) is 0 Å². The Kier molecular flexibility index (Phi) is 5.70. The molecule has 0 fully saturated rings. The van der Waals surface area contributed by atoms with Crippen molar-refractivity contribution in [1.82, 2.24) is 0 Å². The first kappa shape index (κ1) is 17.1. The summed E-state index contributed by atoms with van der Waals surface area (Å²) in [6.07, 6.45) is 3.54. The quantitative estimate of drug-likeness (QED) is 0.649. The lowest BCUT2D eigenvalue weighted by Gasteiger charge is -2.13. The standard InChI is InChI=1S/C22H22O3/c1-24-13-12-17-6-8-18(9-7-17)14-21(23)16-25-22-11-10-19-4-2-3-5-20(19)15-22/h2-13,15,21,23H,14,16H2,1H3. The highest BCUT2D eigenvalue weighted by Crippen LogP contribution is 2.20. The van der Waals surface area contributed by atoms with E-state index < -0.39 is 6.10 Å². The van der Waals surface area contributed by atoms with E-state index in [9.17, 15) is 5.11 Å². The molecule has 3 aromatic rings. The predicted molar refractivity (Wildman–Crippen MR) is 102 cm³/mol. The van der Waals surface area contributed by atoms with E-state index in [1.54, 1.807) is 13.4 Å². The van der Waals surface area contributed by atoms with Gasteiger partial charge in [0.05, 0.1) is 19.5 Å². The number of aliphatic hydroxyl groups is 1. The Morgan fingerprint density at radius 2 is 1.72 bits per heavy atom. The Morgan fingerprint density at radius 3 is 2.48 bits per heavy atom. The van der Waals surface area contributed by atoms with E-state index in [-0.39, 0.29) is 6.61 Å². The lowest BCUT2D eigenvalue weighted by atomic mass is 10.1. The fourth-order valence-corrected chi connectivity index (χ4v) is 2.69. The van der Waals surface area contributed by atoms with E-state index in [4.69, 9.17) is 9.47 Å². The lowest BCUT2D eigenvalue weighted by molar-refractivity contribution is 0.108. The van der Waals surface area contributed by atoms with Crippen LogP contribution in [-0.4, -0.2) is 24.9 Å². The minimum Gasteiger partial charge on any atom is -0.504 e. The molecule has 128 valence electrons. The van der Waals surface area contributed by atoms with Crippen LogP contribution in [0.15, 0.2) is 73.0 Å². The van der Waals surface area contributed by atoms with Crippen LogP contribution < -0.4 is 4.74 Å². The molecule has 3 heteroatoms. The molecule has 0 aliphatic carbocycles. The molecule has 0 saturated carbocycles. The normalized spacial score (nSPS) is 12.4. The van der Waals surface area contributed by atoms with Crippen LogP contribution in [0, 0.1) is 0 Å². The molecule has 0 spiro atoms. The first-order valence-corrected chi connectivity index (χ1v) is 8.32. The average Bonchev–Trinajstić information content (AvgIpc) is 2.65. The maximum Gasteiger partial charge on any atom is 0.120 e. The van der Waals surface area contributed by atoms with Gasteiger partial charge in [0.15, 0.2) is 0 Å². The van der Waals surface area contributed by atoms with Gasteiger partial charge in [-0.15, -0.1) is 0 Å². The maximum absolute atomic E-state index is 10.2. The summed E-state index contributed by atoms with van der Waals surface area (Å²) in [5.41, 5.74) is 2.14. The molecule has 0 aliphatic heterocycles.